The summed E-state index contributed by atoms with van der Waals surface area (Å²) >= 11 is 0. The van der Waals surface area contributed by atoms with Crippen LogP contribution in [0.2, 0.25) is 0 Å². The molecule has 2 unspecified atom stereocenters. The van der Waals surface area contributed by atoms with E-state index >= 15 is 0 Å². The zero-order valence-corrected chi connectivity index (χ0v) is 14.3. The number of hydrogen-bond donors (Lipinski definition) is 3. The number of aromatic nitrogens is 2. The van der Waals surface area contributed by atoms with Gasteiger partial charge in [0.2, 0.25) is 5.91 Å². The Morgan fingerprint density at radius 3 is 2.62 bits per heavy atom. The average Bonchev–Trinajstić information content (AvgIpc) is 3.07. The van der Waals surface area contributed by atoms with Crippen molar-refractivity contribution in [3.8, 4) is 0 Å². The summed E-state index contributed by atoms with van der Waals surface area (Å²) in [6.45, 7) is 0. The van der Waals surface area contributed by atoms with Crippen molar-refractivity contribution >= 4 is 17.3 Å². The van der Waals surface area contributed by atoms with Gasteiger partial charge in [0.05, 0.1) is 23.2 Å². The molecule has 26 heavy (non-hydrogen) atoms. The summed E-state index contributed by atoms with van der Waals surface area (Å²) < 4.78 is 1.91. The molecule has 6 nitrogen and oxygen atoms in total. The number of rotatable bonds is 3. The molecule has 1 aromatic heterocycles. The normalized spacial score (nSPS) is 18.9. The molecule has 3 aromatic rings. The summed E-state index contributed by atoms with van der Waals surface area (Å²) in [6.07, 6.45) is 3.58. The van der Waals surface area contributed by atoms with Crippen LogP contribution in [0.15, 0.2) is 60.9 Å². The molecule has 0 aliphatic carbocycles. The van der Waals surface area contributed by atoms with E-state index in [1.54, 1.807) is 18.3 Å². The van der Waals surface area contributed by atoms with Crippen LogP contribution in [0, 0.1) is 5.41 Å². The van der Waals surface area contributed by atoms with Crippen LogP contribution in [-0.2, 0) is 7.05 Å². The van der Waals surface area contributed by atoms with Crippen molar-refractivity contribution in [1.29, 1.82) is 5.41 Å². The number of carbonyl (C=O) groups excluding carboxylic acids is 1. The molecule has 0 spiro atoms. The average molecular weight is 345 g/mol. The summed E-state index contributed by atoms with van der Waals surface area (Å²) in [6, 6.07) is 15.1. The minimum Gasteiger partial charge on any atom is -0.377 e. The fourth-order valence-electron chi connectivity index (χ4n) is 3.63. The van der Waals surface area contributed by atoms with Crippen LogP contribution in [0.4, 0.5) is 5.69 Å². The second kappa shape index (κ2) is 6.15. The van der Waals surface area contributed by atoms with Crippen LogP contribution in [0.1, 0.15) is 39.3 Å². The van der Waals surface area contributed by atoms with Crippen molar-refractivity contribution in [2.24, 2.45) is 12.8 Å². The van der Waals surface area contributed by atoms with E-state index < -0.39 is 5.91 Å². The number of nitrogens with two attached hydrogens (primary N) is 1. The van der Waals surface area contributed by atoms with Crippen molar-refractivity contribution in [2.75, 3.05) is 5.32 Å². The first-order chi connectivity index (χ1) is 12.6. The zero-order valence-electron chi connectivity index (χ0n) is 14.3. The minimum atomic E-state index is -0.537. The molecular formula is C20H19N5O. The highest BCUT2D eigenvalue weighted by Crippen LogP contribution is 2.42. The van der Waals surface area contributed by atoms with Crippen molar-refractivity contribution in [2.45, 2.75) is 12.0 Å². The quantitative estimate of drug-likeness (QED) is 0.681. The molecule has 2 heterocycles. The maximum absolute atomic E-state index is 11.9. The molecule has 4 N–H and O–H groups in total. The molecule has 1 aliphatic rings. The van der Waals surface area contributed by atoms with E-state index in [1.807, 2.05) is 54.2 Å². The number of carbonyl (C=O) groups is 1. The van der Waals surface area contributed by atoms with E-state index in [4.69, 9.17) is 11.1 Å². The van der Waals surface area contributed by atoms with Gasteiger partial charge in [0.1, 0.15) is 5.82 Å². The first kappa shape index (κ1) is 16.1. The van der Waals surface area contributed by atoms with Gasteiger partial charge in [-0.25, -0.2) is 4.98 Å². The van der Waals surface area contributed by atoms with Gasteiger partial charge in [0.15, 0.2) is 0 Å². The maximum atomic E-state index is 11.9. The third kappa shape index (κ3) is 2.47. The van der Waals surface area contributed by atoms with Gasteiger partial charge in [-0.1, -0.05) is 36.4 Å². The monoisotopic (exact) mass is 345 g/mol. The standard InChI is InChI=1S/C20H19N5O/c1-25-11-10-23-20(25)16-17(21)15-13(19(22)26)8-5-9-14(15)24-18(16)12-6-3-2-4-7-12/h2-11,16,18,21,24H,1H3,(H2,22,26). The fourth-order valence-corrected chi connectivity index (χ4v) is 3.63. The summed E-state index contributed by atoms with van der Waals surface area (Å²) in [5.41, 5.74) is 8.60. The van der Waals surface area contributed by atoms with Crippen LogP contribution in [-0.4, -0.2) is 21.2 Å². The van der Waals surface area contributed by atoms with E-state index in [0.717, 1.165) is 17.1 Å². The molecule has 0 radical (unpaired) electrons. The lowest BCUT2D eigenvalue weighted by atomic mass is 9.79. The van der Waals surface area contributed by atoms with Crippen molar-refractivity contribution in [3.63, 3.8) is 0 Å². The minimum absolute atomic E-state index is 0.166. The number of imidazole rings is 1. The first-order valence-electron chi connectivity index (χ1n) is 8.38. The molecule has 1 amide bonds. The third-order valence-electron chi connectivity index (χ3n) is 4.85. The number of nitrogens with one attached hydrogen (secondary N) is 2. The van der Waals surface area contributed by atoms with Crippen LogP contribution in [0.5, 0.6) is 0 Å². The number of anilines is 1. The Hall–Kier alpha value is -3.41. The van der Waals surface area contributed by atoms with Gasteiger partial charge in [-0.15, -0.1) is 0 Å². The highest BCUT2D eigenvalue weighted by Gasteiger charge is 2.38. The van der Waals surface area contributed by atoms with Crippen LogP contribution >= 0.6 is 0 Å². The lowest BCUT2D eigenvalue weighted by Crippen LogP contribution is -2.35. The van der Waals surface area contributed by atoms with Gasteiger partial charge in [-0.05, 0) is 17.7 Å². The van der Waals surface area contributed by atoms with E-state index in [9.17, 15) is 4.79 Å². The van der Waals surface area contributed by atoms with Gasteiger partial charge in [0, 0.05) is 30.7 Å². The second-order valence-corrected chi connectivity index (χ2v) is 6.41. The van der Waals surface area contributed by atoms with E-state index in [1.165, 1.54) is 0 Å². The number of hydrogen-bond acceptors (Lipinski definition) is 4. The second-order valence-electron chi connectivity index (χ2n) is 6.41. The smallest absolute Gasteiger partial charge is 0.249 e. The number of aryl methyl sites for hydroxylation is 1. The highest BCUT2D eigenvalue weighted by molar-refractivity contribution is 6.16. The SMILES string of the molecule is Cn1ccnc1C1C(=N)c2c(cccc2C(N)=O)NC1c1ccccc1. The number of fused-ring (bicyclic) bond motifs is 1. The van der Waals surface area contributed by atoms with Gasteiger partial charge >= 0.3 is 0 Å². The molecule has 2 atom stereocenters. The van der Waals surface area contributed by atoms with Crippen LogP contribution < -0.4 is 11.1 Å². The number of benzene rings is 2. The summed E-state index contributed by atoms with van der Waals surface area (Å²) in [5, 5.41) is 12.4. The predicted molar refractivity (Wildman–Crippen MR) is 101 cm³/mol. The highest BCUT2D eigenvalue weighted by atomic mass is 16.1. The molecule has 0 saturated heterocycles. The Morgan fingerprint density at radius 2 is 1.96 bits per heavy atom. The van der Waals surface area contributed by atoms with Gasteiger partial charge in [-0.2, -0.15) is 0 Å². The molecule has 1 aliphatic heterocycles. The molecule has 130 valence electrons. The molecule has 4 rings (SSSR count). The van der Waals surface area contributed by atoms with E-state index in [0.29, 0.717) is 16.8 Å². The first-order valence-corrected chi connectivity index (χ1v) is 8.38. The number of amides is 1. The molecule has 0 bridgehead atoms. The van der Waals surface area contributed by atoms with Crippen molar-refractivity contribution < 1.29 is 4.79 Å². The number of nitrogens with zero attached hydrogens (tertiary/aromatic N) is 2. The maximum Gasteiger partial charge on any atom is 0.249 e. The number of primary amides is 1. The lowest BCUT2D eigenvalue weighted by Gasteiger charge is -2.36. The Balaban J connectivity index is 1.93. The fraction of sp³-hybridized carbons (Fsp3) is 0.150. The Labute approximate surface area is 151 Å². The lowest BCUT2D eigenvalue weighted by molar-refractivity contribution is 0.1000. The molecular weight excluding hydrogens is 326 g/mol. The topological polar surface area (TPSA) is 96.8 Å². The van der Waals surface area contributed by atoms with Gasteiger partial charge in [0.25, 0.3) is 0 Å². The van der Waals surface area contributed by atoms with Gasteiger partial charge < -0.3 is 21.0 Å². The van der Waals surface area contributed by atoms with Crippen LogP contribution in [0.25, 0.3) is 0 Å². The van der Waals surface area contributed by atoms with Gasteiger partial charge in [-0.3, -0.25) is 4.79 Å². The van der Waals surface area contributed by atoms with Crippen LogP contribution in [0.3, 0.4) is 0 Å². The molecule has 0 fully saturated rings. The van der Waals surface area contributed by atoms with E-state index in [2.05, 4.69) is 10.3 Å². The van der Waals surface area contributed by atoms with Crippen molar-refractivity contribution in [3.05, 3.63) is 83.4 Å². The Morgan fingerprint density at radius 1 is 1.19 bits per heavy atom. The molecule has 0 saturated carbocycles. The predicted octanol–water partition coefficient (Wildman–Crippen LogP) is 2.84. The van der Waals surface area contributed by atoms with E-state index in [-0.39, 0.29) is 12.0 Å². The summed E-state index contributed by atoms with van der Waals surface area (Å²) in [4.78, 5) is 16.4. The van der Waals surface area contributed by atoms with Crippen molar-refractivity contribution in [1.82, 2.24) is 9.55 Å². The summed E-state index contributed by atoms with van der Waals surface area (Å²) in [7, 11) is 1.91. The third-order valence-corrected chi connectivity index (χ3v) is 4.85. The summed E-state index contributed by atoms with van der Waals surface area (Å²) in [5.74, 6) is -0.114. The Kier molecular flexibility index (Phi) is 3.80. The molecule has 2 aromatic carbocycles. The Bertz CT molecular complexity index is 992. The molecule has 6 heteroatoms. The zero-order chi connectivity index (χ0) is 18.3. The largest absolute Gasteiger partial charge is 0.377 e.